The molecule has 0 bridgehead atoms. The largest absolute Gasteiger partial charge is 0.324 e. The van der Waals surface area contributed by atoms with Crippen molar-refractivity contribution in [1.82, 2.24) is 9.78 Å². The maximum Gasteiger partial charge on any atom is 0.0540 e. The van der Waals surface area contributed by atoms with Crippen LogP contribution >= 0.6 is 0 Å². The van der Waals surface area contributed by atoms with E-state index in [2.05, 4.69) is 23.6 Å². The molecule has 72 valence electrons. The van der Waals surface area contributed by atoms with Crippen molar-refractivity contribution in [2.75, 3.05) is 0 Å². The zero-order valence-electron chi connectivity index (χ0n) is 8.33. The third kappa shape index (κ3) is 1.37. The van der Waals surface area contributed by atoms with Gasteiger partial charge in [0.25, 0.3) is 0 Å². The fraction of sp³-hybridized carbons (Fsp3) is 0.700. The number of rotatable bonds is 1. The van der Waals surface area contributed by atoms with E-state index in [1.807, 2.05) is 6.20 Å². The molecule has 1 unspecified atom stereocenters. The van der Waals surface area contributed by atoms with Crippen molar-refractivity contribution in [3.63, 3.8) is 0 Å². The quantitative estimate of drug-likeness (QED) is 0.714. The number of hydrogen-bond donors (Lipinski definition) is 1. The van der Waals surface area contributed by atoms with Crippen LogP contribution in [0.15, 0.2) is 6.20 Å². The molecule has 0 saturated carbocycles. The molecule has 1 atom stereocenters. The highest BCUT2D eigenvalue weighted by Gasteiger charge is 2.21. The summed E-state index contributed by atoms with van der Waals surface area (Å²) in [4.78, 5) is 0. The molecule has 3 heteroatoms. The maximum atomic E-state index is 6.01. The summed E-state index contributed by atoms with van der Waals surface area (Å²) in [5, 5.41) is 4.38. The predicted octanol–water partition coefficient (Wildman–Crippen LogP) is 1.80. The van der Waals surface area contributed by atoms with Crippen molar-refractivity contribution in [1.29, 1.82) is 0 Å². The summed E-state index contributed by atoms with van der Waals surface area (Å²) in [5.74, 6) is 0. The lowest BCUT2D eigenvalue weighted by atomic mass is 9.94. The molecule has 1 heterocycles. The van der Waals surface area contributed by atoms with Gasteiger partial charge in [-0.15, -0.1) is 0 Å². The fourth-order valence-electron chi connectivity index (χ4n) is 2.06. The Hall–Kier alpha value is -0.830. The zero-order chi connectivity index (χ0) is 9.42. The van der Waals surface area contributed by atoms with E-state index in [9.17, 15) is 0 Å². The molecule has 2 N–H and O–H groups in total. The van der Waals surface area contributed by atoms with E-state index >= 15 is 0 Å². The van der Waals surface area contributed by atoms with E-state index in [0.717, 1.165) is 12.8 Å². The molecule has 0 spiro atoms. The number of hydrogen-bond acceptors (Lipinski definition) is 2. The first-order chi connectivity index (χ1) is 6.20. The Morgan fingerprint density at radius 2 is 2.38 bits per heavy atom. The van der Waals surface area contributed by atoms with E-state index in [-0.39, 0.29) is 6.04 Å². The SMILES string of the molecule is CC(C)n1ncc2c1CCCC2N. The Morgan fingerprint density at radius 1 is 1.62 bits per heavy atom. The summed E-state index contributed by atoms with van der Waals surface area (Å²) in [6.07, 6.45) is 5.39. The van der Waals surface area contributed by atoms with Crippen molar-refractivity contribution in [3.05, 3.63) is 17.5 Å². The van der Waals surface area contributed by atoms with Crippen LogP contribution in [-0.4, -0.2) is 9.78 Å². The molecule has 1 aromatic heterocycles. The van der Waals surface area contributed by atoms with Crippen LogP contribution < -0.4 is 5.73 Å². The van der Waals surface area contributed by atoms with Crippen LogP contribution in [0.3, 0.4) is 0 Å². The normalized spacial score (nSPS) is 22.0. The summed E-state index contributed by atoms with van der Waals surface area (Å²) >= 11 is 0. The number of aromatic nitrogens is 2. The third-order valence-electron chi connectivity index (χ3n) is 2.75. The zero-order valence-corrected chi connectivity index (χ0v) is 8.33. The second kappa shape index (κ2) is 3.14. The molecule has 1 aromatic rings. The topological polar surface area (TPSA) is 43.8 Å². The van der Waals surface area contributed by atoms with E-state index in [1.54, 1.807) is 0 Å². The molecular formula is C10H17N3. The minimum atomic E-state index is 0.219. The smallest absolute Gasteiger partial charge is 0.0540 e. The second-order valence-corrected chi connectivity index (χ2v) is 4.08. The van der Waals surface area contributed by atoms with Gasteiger partial charge in [0.15, 0.2) is 0 Å². The van der Waals surface area contributed by atoms with Gasteiger partial charge < -0.3 is 5.73 Å². The van der Waals surface area contributed by atoms with Gasteiger partial charge in [0.1, 0.15) is 0 Å². The van der Waals surface area contributed by atoms with Crippen LogP contribution in [0.2, 0.25) is 0 Å². The van der Waals surface area contributed by atoms with E-state index in [1.165, 1.54) is 17.7 Å². The molecule has 2 rings (SSSR count). The molecular weight excluding hydrogens is 162 g/mol. The van der Waals surface area contributed by atoms with Gasteiger partial charge in [0.05, 0.1) is 6.20 Å². The standard InChI is InChI=1S/C10H17N3/c1-7(2)13-10-5-3-4-9(11)8(10)6-12-13/h6-7,9H,3-5,11H2,1-2H3. The Morgan fingerprint density at radius 3 is 3.08 bits per heavy atom. The first kappa shape index (κ1) is 8.75. The van der Waals surface area contributed by atoms with Crippen molar-refractivity contribution in [2.24, 2.45) is 5.73 Å². The van der Waals surface area contributed by atoms with Gasteiger partial charge in [-0.25, -0.2) is 0 Å². The average molecular weight is 179 g/mol. The molecule has 13 heavy (non-hydrogen) atoms. The summed E-state index contributed by atoms with van der Waals surface area (Å²) in [6.45, 7) is 4.32. The van der Waals surface area contributed by atoms with Crippen LogP contribution in [0.25, 0.3) is 0 Å². The van der Waals surface area contributed by atoms with Gasteiger partial charge >= 0.3 is 0 Å². The van der Waals surface area contributed by atoms with Crippen LogP contribution in [0.4, 0.5) is 0 Å². The van der Waals surface area contributed by atoms with Crippen LogP contribution in [-0.2, 0) is 6.42 Å². The average Bonchev–Trinajstić information content (AvgIpc) is 2.48. The Kier molecular flexibility index (Phi) is 2.12. The Labute approximate surface area is 78.9 Å². The highest BCUT2D eigenvalue weighted by molar-refractivity contribution is 5.24. The Bertz CT molecular complexity index is 288. The summed E-state index contributed by atoms with van der Waals surface area (Å²) in [7, 11) is 0. The van der Waals surface area contributed by atoms with Crippen LogP contribution in [0, 0.1) is 0 Å². The summed E-state index contributed by atoms with van der Waals surface area (Å²) in [6, 6.07) is 0.672. The van der Waals surface area contributed by atoms with Crippen LogP contribution in [0.5, 0.6) is 0 Å². The lowest BCUT2D eigenvalue weighted by molar-refractivity contribution is 0.480. The number of nitrogens with zero attached hydrogens (tertiary/aromatic N) is 2. The third-order valence-corrected chi connectivity index (χ3v) is 2.75. The van der Waals surface area contributed by atoms with Crippen molar-refractivity contribution in [3.8, 4) is 0 Å². The monoisotopic (exact) mass is 179 g/mol. The van der Waals surface area contributed by atoms with Gasteiger partial charge in [0.2, 0.25) is 0 Å². The molecule has 0 fully saturated rings. The Balaban J connectivity index is 2.41. The highest BCUT2D eigenvalue weighted by atomic mass is 15.3. The molecule has 1 aliphatic carbocycles. The van der Waals surface area contributed by atoms with Gasteiger partial charge in [-0.1, -0.05) is 0 Å². The van der Waals surface area contributed by atoms with Gasteiger partial charge in [-0.2, -0.15) is 5.10 Å². The predicted molar refractivity (Wildman–Crippen MR) is 52.5 cm³/mol. The van der Waals surface area contributed by atoms with E-state index in [4.69, 9.17) is 5.73 Å². The molecule has 0 saturated heterocycles. The van der Waals surface area contributed by atoms with Crippen molar-refractivity contribution >= 4 is 0 Å². The van der Waals surface area contributed by atoms with Crippen molar-refractivity contribution in [2.45, 2.75) is 45.2 Å². The lowest BCUT2D eigenvalue weighted by Gasteiger charge is -2.20. The highest BCUT2D eigenvalue weighted by Crippen LogP contribution is 2.28. The number of fused-ring (bicyclic) bond motifs is 1. The minimum Gasteiger partial charge on any atom is -0.324 e. The van der Waals surface area contributed by atoms with Crippen molar-refractivity contribution < 1.29 is 0 Å². The van der Waals surface area contributed by atoms with Gasteiger partial charge in [-0.05, 0) is 33.1 Å². The molecule has 0 radical (unpaired) electrons. The van der Waals surface area contributed by atoms with Crippen LogP contribution in [0.1, 0.15) is 50.0 Å². The van der Waals surface area contributed by atoms with Gasteiger partial charge in [-0.3, -0.25) is 4.68 Å². The molecule has 3 nitrogen and oxygen atoms in total. The number of nitrogens with two attached hydrogens (primary N) is 1. The first-order valence-corrected chi connectivity index (χ1v) is 5.02. The first-order valence-electron chi connectivity index (χ1n) is 5.02. The fourth-order valence-corrected chi connectivity index (χ4v) is 2.06. The molecule has 0 aromatic carbocycles. The van der Waals surface area contributed by atoms with Gasteiger partial charge in [0, 0.05) is 23.3 Å². The van der Waals surface area contributed by atoms with E-state index < -0.39 is 0 Å². The summed E-state index contributed by atoms with van der Waals surface area (Å²) in [5.41, 5.74) is 8.63. The van der Waals surface area contributed by atoms with E-state index in [0.29, 0.717) is 6.04 Å². The molecule has 0 aliphatic heterocycles. The minimum absolute atomic E-state index is 0.219. The lowest BCUT2D eigenvalue weighted by Crippen LogP contribution is -2.19. The maximum absolute atomic E-state index is 6.01. The molecule has 0 amide bonds. The molecule has 1 aliphatic rings. The second-order valence-electron chi connectivity index (χ2n) is 4.08. The summed E-state index contributed by atoms with van der Waals surface area (Å²) < 4.78 is 2.11.